The van der Waals surface area contributed by atoms with Crippen molar-refractivity contribution in [2.24, 2.45) is 0 Å². The Bertz CT molecular complexity index is 542. The average molecular weight is 322 g/mol. The SMILES string of the molecule is CC(C)N(CC(F)(F)F)c1cccc(Cl)c1C=CC(=O)O. The molecule has 0 fully saturated rings. The van der Waals surface area contributed by atoms with Gasteiger partial charge in [0.1, 0.15) is 6.54 Å². The maximum Gasteiger partial charge on any atom is 0.405 e. The molecular weight excluding hydrogens is 307 g/mol. The van der Waals surface area contributed by atoms with E-state index in [9.17, 15) is 18.0 Å². The van der Waals surface area contributed by atoms with Crippen molar-refractivity contribution < 1.29 is 23.1 Å². The largest absolute Gasteiger partial charge is 0.478 e. The fraction of sp³-hybridized carbons (Fsp3) is 0.357. The number of carboxylic acids is 1. The minimum atomic E-state index is -4.37. The van der Waals surface area contributed by atoms with E-state index < -0.39 is 24.7 Å². The Kier molecular flexibility index (Phi) is 5.66. The normalized spacial score (nSPS) is 12.1. The van der Waals surface area contributed by atoms with E-state index in [-0.39, 0.29) is 16.3 Å². The summed E-state index contributed by atoms with van der Waals surface area (Å²) in [6, 6.07) is 4.08. The van der Waals surface area contributed by atoms with Crippen molar-refractivity contribution in [3.63, 3.8) is 0 Å². The van der Waals surface area contributed by atoms with E-state index in [1.54, 1.807) is 13.8 Å². The minimum absolute atomic E-state index is 0.192. The Morgan fingerprint density at radius 1 is 1.43 bits per heavy atom. The van der Waals surface area contributed by atoms with E-state index in [2.05, 4.69) is 0 Å². The molecule has 3 nitrogen and oxygen atoms in total. The first-order valence-corrected chi connectivity index (χ1v) is 6.52. The highest BCUT2D eigenvalue weighted by Gasteiger charge is 2.32. The maximum atomic E-state index is 12.7. The molecule has 7 heteroatoms. The monoisotopic (exact) mass is 321 g/mol. The van der Waals surface area contributed by atoms with Crippen LogP contribution in [-0.4, -0.2) is 29.8 Å². The van der Waals surface area contributed by atoms with Crippen LogP contribution in [0.5, 0.6) is 0 Å². The summed E-state index contributed by atoms with van der Waals surface area (Å²) in [4.78, 5) is 11.7. The van der Waals surface area contributed by atoms with E-state index in [1.807, 2.05) is 0 Å². The van der Waals surface area contributed by atoms with Gasteiger partial charge in [-0.25, -0.2) is 4.79 Å². The quantitative estimate of drug-likeness (QED) is 0.826. The van der Waals surface area contributed by atoms with Gasteiger partial charge >= 0.3 is 12.1 Å². The van der Waals surface area contributed by atoms with Crippen molar-refractivity contribution in [1.82, 2.24) is 0 Å². The molecule has 0 aliphatic heterocycles. The lowest BCUT2D eigenvalue weighted by molar-refractivity contribution is -0.131. The number of rotatable bonds is 5. The third-order valence-electron chi connectivity index (χ3n) is 2.70. The van der Waals surface area contributed by atoms with Crippen LogP contribution in [0.25, 0.3) is 6.08 Å². The van der Waals surface area contributed by atoms with Gasteiger partial charge in [-0.3, -0.25) is 0 Å². The Morgan fingerprint density at radius 2 is 2.05 bits per heavy atom. The highest BCUT2D eigenvalue weighted by molar-refractivity contribution is 6.32. The number of alkyl halides is 3. The molecule has 21 heavy (non-hydrogen) atoms. The van der Waals surface area contributed by atoms with Gasteiger partial charge in [0.05, 0.1) is 0 Å². The number of carboxylic acid groups (broad SMARTS) is 1. The number of nitrogens with zero attached hydrogens (tertiary/aromatic N) is 1. The number of hydrogen-bond acceptors (Lipinski definition) is 2. The zero-order valence-corrected chi connectivity index (χ0v) is 12.2. The van der Waals surface area contributed by atoms with Gasteiger partial charge in [-0.15, -0.1) is 0 Å². The summed E-state index contributed by atoms with van der Waals surface area (Å²) in [6.07, 6.45) is -2.33. The first kappa shape index (κ1) is 17.4. The van der Waals surface area contributed by atoms with Crippen molar-refractivity contribution in [2.45, 2.75) is 26.1 Å². The lowest BCUT2D eigenvalue weighted by Crippen LogP contribution is -2.39. The van der Waals surface area contributed by atoms with Crippen molar-refractivity contribution in [1.29, 1.82) is 0 Å². The van der Waals surface area contributed by atoms with Crippen LogP contribution >= 0.6 is 11.6 Å². The van der Waals surface area contributed by atoms with Crippen LogP contribution in [0.2, 0.25) is 5.02 Å². The fourth-order valence-electron chi connectivity index (χ4n) is 1.83. The summed E-state index contributed by atoms with van der Waals surface area (Å²) >= 11 is 5.98. The molecule has 0 heterocycles. The first-order chi connectivity index (χ1) is 9.61. The molecule has 0 saturated carbocycles. The number of hydrogen-bond donors (Lipinski definition) is 1. The topological polar surface area (TPSA) is 40.5 Å². The number of benzene rings is 1. The molecule has 0 unspecified atom stereocenters. The smallest absolute Gasteiger partial charge is 0.405 e. The van der Waals surface area contributed by atoms with Gasteiger partial charge in [0.15, 0.2) is 0 Å². The van der Waals surface area contributed by atoms with Crippen molar-refractivity contribution >= 4 is 29.3 Å². The van der Waals surface area contributed by atoms with Crippen LogP contribution in [0.15, 0.2) is 24.3 Å². The predicted molar refractivity (Wildman–Crippen MR) is 76.7 cm³/mol. The minimum Gasteiger partial charge on any atom is -0.478 e. The number of carbonyl (C=O) groups is 1. The van der Waals surface area contributed by atoms with E-state index >= 15 is 0 Å². The second-order valence-electron chi connectivity index (χ2n) is 4.68. The van der Waals surface area contributed by atoms with Crippen molar-refractivity contribution in [3.8, 4) is 0 Å². The molecule has 0 radical (unpaired) electrons. The number of halogens is 4. The molecule has 116 valence electrons. The summed E-state index contributed by atoms with van der Waals surface area (Å²) < 4.78 is 38.1. The van der Waals surface area contributed by atoms with Crippen molar-refractivity contribution in [3.05, 3.63) is 34.9 Å². The molecule has 0 spiro atoms. The van der Waals surface area contributed by atoms with Crippen LogP contribution in [0.3, 0.4) is 0 Å². The third-order valence-corrected chi connectivity index (χ3v) is 3.03. The Balaban J connectivity index is 3.31. The molecule has 0 aliphatic carbocycles. The van der Waals surface area contributed by atoms with E-state index in [0.29, 0.717) is 0 Å². The highest BCUT2D eigenvalue weighted by atomic mass is 35.5. The lowest BCUT2D eigenvalue weighted by atomic mass is 10.1. The predicted octanol–water partition coefficient (Wildman–Crippen LogP) is 4.21. The number of aliphatic carboxylic acids is 1. The fourth-order valence-corrected chi connectivity index (χ4v) is 2.07. The van der Waals surface area contributed by atoms with Gasteiger partial charge in [0.2, 0.25) is 0 Å². The molecule has 1 N–H and O–H groups in total. The molecule has 0 aliphatic rings. The zero-order valence-electron chi connectivity index (χ0n) is 11.5. The first-order valence-electron chi connectivity index (χ1n) is 6.14. The van der Waals surface area contributed by atoms with Gasteiger partial charge in [0.25, 0.3) is 0 Å². The maximum absolute atomic E-state index is 12.7. The highest BCUT2D eigenvalue weighted by Crippen LogP contribution is 2.32. The summed E-state index contributed by atoms with van der Waals surface area (Å²) in [7, 11) is 0. The second-order valence-corrected chi connectivity index (χ2v) is 5.09. The molecule has 0 saturated heterocycles. The molecule has 0 amide bonds. The van der Waals surface area contributed by atoms with Gasteiger partial charge < -0.3 is 10.0 Å². The summed E-state index contributed by atoms with van der Waals surface area (Å²) in [5.41, 5.74) is 0.492. The number of anilines is 1. The molecule has 1 rings (SSSR count). The lowest BCUT2D eigenvalue weighted by Gasteiger charge is -2.31. The standard InChI is InChI=1S/C14H15ClF3NO2/c1-9(2)19(8-14(16,17)18)12-5-3-4-11(15)10(12)6-7-13(20)21/h3-7,9H,8H2,1-2H3,(H,20,21). The molecular formula is C14H15ClF3NO2. The van der Waals surface area contributed by atoms with E-state index in [1.165, 1.54) is 24.3 Å². The van der Waals surface area contributed by atoms with Crippen LogP contribution in [-0.2, 0) is 4.79 Å². The van der Waals surface area contributed by atoms with Gasteiger partial charge in [-0.1, -0.05) is 17.7 Å². The average Bonchev–Trinajstić information content (AvgIpc) is 2.32. The Hall–Kier alpha value is -1.69. The van der Waals surface area contributed by atoms with Crippen LogP contribution < -0.4 is 4.90 Å². The summed E-state index contributed by atoms with van der Waals surface area (Å²) in [5.74, 6) is -1.20. The summed E-state index contributed by atoms with van der Waals surface area (Å²) in [6.45, 7) is 2.10. The molecule has 1 aromatic carbocycles. The third kappa shape index (κ3) is 5.30. The van der Waals surface area contributed by atoms with E-state index in [4.69, 9.17) is 16.7 Å². The van der Waals surface area contributed by atoms with Gasteiger partial charge in [-0.05, 0) is 32.1 Å². The molecule has 0 bridgehead atoms. The van der Waals surface area contributed by atoms with Crippen LogP contribution in [0.4, 0.5) is 18.9 Å². The Morgan fingerprint density at radius 3 is 2.52 bits per heavy atom. The molecule has 1 aromatic rings. The van der Waals surface area contributed by atoms with E-state index in [0.717, 1.165) is 11.0 Å². The zero-order chi connectivity index (χ0) is 16.2. The molecule has 0 atom stereocenters. The Labute approximate surface area is 125 Å². The van der Waals surface area contributed by atoms with Crippen LogP contribution in [0.1, 0.15) is 19.4 Å². The van der Waals surface area contributed by atoms with Gasteiger partial charge in [-0.2, -0.15) is 13.2 Å². The second kappa shape index (κ2) is 6.85. The molecule has 0 aromatic heterocycles. The van der Waals surface area contributed by atoms with Gasteiger partial charge in [0, 0.05) is 28.4 Å². The van der Waals surface area contributed by atoms with Crippen molar-refractivity contribution in [2.75, 3.05) is 11.4 Å². The summed E-state index contributed by atoms with van der Waals surface area (Å²) in [5, 5.41) is 8.86. The van der Waals surface area contributed by atoms with Crippen LogP contribution in [0, 0.1) is 0 Å².